The predicted octanol–water partition coefficient (Wildman–Crippen LogP) is 3.60. The number of carbonyl (C=O) groups excluding carboxylic acids is 1. The minimum absolute atomic E-state index is 0.253. The molecule has 0 bridgehead atoms. The van der Waals surface area contributed by atoms with Gasteiger partial charge in [-0.25, -0.2) is 8.42 Å². The van der Waals surface area contributed by atoms with Gasteiger partial charge in [0, 0.05) is 11.9 Å². The maximum Gasteiger partial charge on any atom is 0.265 e. The third kappa shape index (κ3) is 5.90. The Morgan fingerprint density at radius 2 is 1.81 bits per heavy atom. The molecule has 0 aliphatic heterocycles. The SMILES string of the molecule is CCSc1ccccc1NC(=O)C(C)Oc1ccc(N(C)S(C)(=O)=O)cc1. The van der Waals surface area contributed by atoms with Crippen molar-refractivity contribution in [1.29, 1.82) is 0 Å². The number of ether oxygens (including phenoxy) is 1. The Labute approximate surface area is 165 Å². The van der Waals surface area contributed by atoms with Crippen molar-refractivity contribution >= 4 is 39.1 Å². The first kappa shape index (κ1) is 21.1. The van der Waals surface area contributed by atoms with E-state index in [0.29, 0.717) is 11.4 Å². The number of nitrogens with zero attached hydrogens (tertiary/aromatic N) is 1. The standard InChI is InChI=1S/C19H24N2O4S2/c1-5-26-18-9-7-6-8-17(18)20-19(22)14(2)25-16-12-10-15(11-13-16)21(3)27(4,23)24/h6-14H,5H2,1-4H3,(H,20,22). The van der Waals surface area contributed by atoms with E-state index in [2.05, 4.69) is 12.2 Å². The smallest absolute Gasteiger partial charge is 0.265 e. The van der Waals surface area contributed by atoms with Crippen LogP contribution in [0.5, 0.6) is 5.75 Å². The molecule has 1 amide bonds. The fourth-order valence-electron chi connectivity index (χ4n) is 2.27. The van der Waals surface area contributed by atoms with E-state index in [1.54, 1.807) is 43.0 Å². The summed E-state index contributed by atoms with van der Waals surface area (Å²) in [6.45, 7) is 3.72. The number of anilines is 2. The van der Waals surface area contributed by atoms with Gasteiger partial charge in [-0.2, -0.15) is 0 Å². The molecule has 1 atom stereocenters. The molecule has 0 spiro atoms. The molecule has 0 saturated carbocycles. The van der Waals surface area contributed by atoms with Gasteiger partial charge in [0.1, 0.15) is 5.75 Å². The molecule has 8 heteroatoms. The highest BCUT2D eigenvalue weighted by molar-refractivity contribution is 7.99. The average molecular weight is 409 g/mol. The van der Waals surface area contributed by atoms with Crippen LogP contribution in [0.2, 0.25) is 0 Å². The van der Waals surface area contributed by atoms with Gasteiger partial charge in [-0.05, 0) is 49.1 Å². The Bertz CT molecular complexity index is 883. The maximum absolute atomic E-state index is 12.4. The highest BCUT2D eigenvalue weighted by Crippen LogP contribution is 2.27. The summed E-state index contributed by atoms with van der Waals surface area (Å²) in [6.07, 6.45) is 0.432. The first-order valence-corrected chi connectivity index (χ1v) is 11.3. The molecule has 1 N–H and O–H groups in total. The molecule has 0 aliphatic carbocycles. The third-order valence-corrected chi connectivity index (χ3v) is 5.99. The van der Waals surface area contributed by atoms with Crippen LogP contribution in [-0.4, -0.2) is 39.5 Å². The summed E-state index contributed by atoms with van der Waals surface area (Å²) in [6, 6.07) is 14.2. The Morgan fingerprint density at radius 1 is 1.19 bits per heavy atom. The van der Waals surface area contributed by atoms with Gasteiger partial charge in [0.15, 0.2) is 6.10 Å². The predicted molar refractivity (Wildman–Crippen MR) is 111 cm³/mol. The lowest BCUT2D eigenvalue weighted by atomic mass is 10.2. The lowest BCUT2D eigenvalue weighted by molar-refractivity contribution is -0.122. The van der Waals surface area contributed by atoms with Crippen LogP contribution in [0.4, 0.5) is 11.4 Å². The number of thioether (sulfide) groups is 1. The van der Waals surface area contributed by atoms with Gasteiger partial charge in [0.05, 0.1) is 17.6 Å². The highest BCUT2D eigenvalue weighted by Gasteiger charge is 2.17. The summed E-state index contributed by atoms with van der Waals surface area (Å²) in [5.41, 5.74) is 1.28. The molecule has 0 aliphatic rings. The molecule has 0 fully saturated rings. The first-order valence-electron chi connectivity index (χ1n) is 8.45. The third-order valence-electron chi connectivity index (χ3n) is 3.82. The number of benzene rings is 2. The van der Waals surface area contributed by atoms with Crippen molar-refractivity contribution in [3.05, 3.63) is 48.5 Å². The molecular formula is C19H24N2O4S2. The Balaban J connectivity index is 2.02. The lowest BCUT2D eigenvalue weighted by Crippen LogP contribution is -2.30. The van der Waals surface area contributed by atoms with E-state index in [9.17, 15) is 13.2 Å². The minimum atomic E-state index is -3.32. The van der Waals surface area contributed by atoms with Gasteiger partial charge in [0.25, 0.3) is 5.91 Å². The summed E-state index contributed by atoms with van der Waals surface area (Å²) >= 11 is 1.66. The maximum atomic E-state index is 12.4. The molecule has 0 saturated heterocycles. The molecule has 146 valence electrons. The summed E-state index contributed by atoms with van der Waals surface area (Å²) in [4.78, 5) is 13.5. The zero-order chi connectivity index (χ0) is 20.0. The number of carbonyl (C=O) groups is 1. The van der Waals surface area contributed by atoms with Crippen molar-refractivity contribution in [3.63, 3.8) is 0 Å². The number of rotatable bonds is 8. The lowest BCUT2D eigenvalue weighted by Gasteiger charge is -2.18. The van der Waals surface area contributed by atoms with E-state index in [1.807, 2.05) is 24.3 Å². The van der Waals surface area contributed by atoms with Gasteiger partial charge in [-0.3, -0.25) is 9.10 Å². The minimum Gasteiger partial charge on any atom is -0.481 e. The van der Waals surface area contributed by atoms with E-state index in [-0.39, 0.29) is 5.91 Å². The highest BCUT2D eigenvalue weighted by atomic mass is 32.2. The van der Waals surface area contributed by atoms with Crippen LogP contribution in [0, 0.1) is 0 Å². The number of nitrogens with one attached hydrogen (secondary N) is 1. The molecule has 0 heterocycles. The second kappa shape index (κ2) is 9.14. The molecule has 1 unspecified atom stereocenters. The normalized spacial score (nSPS) is 12.3. The Kier molecular flexibility index (Phi) is 7.15. The van der Waals surface area contributed by atoms with E-state index in [0.717, 1.165) is 22.6 Å². The molecule has 2 rings (SSSR count). The van der Waals surface area contributed by atoms with Crippen LogP contribution < -0.4 is 14.4 Å². The van der Waals surface area contributed by atoms with Gasteiger partial charge < -0.3 is 10.1 Å². The van der Waals surface area contributed by atoms with Crippen LogP contribution in [0.1, 0.15) is 13.8 Å². The Hall–Kier alpha value is -2.19. The van der Waals surface area contributed by atoms with E-state index in [4.69, 9.17) is 4.74 Å². The molecule has 2 aromatic rings. The number of hydrogen-bond acceptors (Lipinski definition) is 5. The topological polar surface area (TPSA) is 75.7 Å². The fraction of sp³-hybridized carbons (Fsp3) is 0.316. The first-order chi connectivity index (χ1) is 12.7. The van der Waals surface area contributed by atoms with Gasteiger partial charge in [-0.15, -0.1) is 11.8 Å². The molecule has 0 aromatic heterocycles. The van der Waals surface area contributed by atoms with Crippen LogP contribution in [0.15, 0.2) is 53.4 Å². The van der Waals surface area contributed by atoms with Gasteiger partial charge >= 0.3 is 0 Å². The summed E-state index contributed by atoms with van der Waals surface area (Å²) in [7, 11) is -1.84. The fourth-order valence-corrected chi connectivity index (χ4v) is 3.53. The number of hydrogen-bond donors (Lipinski definition) is 1. The van der Waals surface area contributed by atoms with E-state index >= 15 is 0 Å². The molecule has 2 aromatic carbocycles. The Morgan fingerprint density at radius 3 is 2.41 bits per heavy atom. The van der Waals surface area contributed by atoms with Crippen LogP contribution >= 0.6 is 11.8 Å². The van der Waals surface area contributed by atoms with E-state index in [1.165, 1.54) is 11.4 Å². The van der Waals surface area contributed by atoms with Crippen molar-refractivity contribution in [2.24, 2.45) is 0 Å². The van der Waals surface area contributed by atoms with Crippen molar-refractivity contribution in [3.8, 4) is 5.75 Å². The van der Waals surface area contributed by atoms with Gasteiger partial charge in [0.2, 0.25) is 10.0 Å². The second-order valence-electron chi connectivity index (χ2n) is 5.90. The van der Waals surface area contributed by atoms with Crippen LogP contribution in [-0.2, 0) is 14.8 Å². The molecule has 27 heavy (non-hydrogen) atoms. The second-order valence-corrected chi connectivity index (χ2v) is 9.22. The van der Waals surface area contributed by atoms with E-state index < -0.39 is 16.1 Å². The summed E-state index contributed by atoms with van der Waals surface area (Å²) in [5, 5.41) is 2.89. The van der Waals surface area contributed by atoms with Crippen molar-refractivity contribution in [1.82, 2.24) is 0 Å². The average Bonchev–Trinajstić information content (AvgIpc) is 2.62. The summed E-state index contributed by atoms with van der Waals surface area (Å²) in [5.74, 6) is 1.14. The van der Waals surface area contributed by atoms with Gasteiger partial charge in [-0.1, -0.05) is 19.1 Å². The molecular weight excluding hydrogens is 384 g/mol. The van der Waals surface area contributed by atoms with Crippen LogP contribution in [0.25, 0.3) is 0 Å². The number of amides is 1. The molecule has 0 radical (unpaired) electrons. The van der Waals surface area contributed by atoms with Crippen molar-refractivity contribution in [2.45, 2.75) is 24.8 Å². The van der Waals surface area contributed by atoms with Crippen LogP contribution in [0.3, 0.4) is 0 Å². The summed E-state index contributed by atoms with van der Waals surface area (Å²) < 4.78 is 30.0. The van der Waals surface area contributed by atoms with Crippen molar-refractivity contribution in [2.75, 3.05) is 28.7 Å². The zero-order valence-electron chi connectivity index (χ0n) is 15.8. The number of sulfonamides is 1. The zero-order valence-corrected chi connectivity index (χ0v) is 17.4. The number of para-hydroxylation sites is 1. The quantitative estimate of drug-likeness (QED) is 0.676. The monoisotopic (exact) mass is 408 g/mol. The largest absolute Gasteiger partial charge is 0.481 e. The van der Waals surface area contributed by atoms with Crippen molar-refractivity contribution < 1.29 is 17.9 Å². The molecule has 6 nitrogen and oxygen atoms in total.